The van der Waals surface area contributed by atoms with Gasteiger partial charge in [0, 0.05) is 25.7 Å². The molecule has 112 valence electrons. The Bertz CT molecular complexity index is 922. The van der Waals surface area contributed by atoms with Crippen LogP contribution in [0.2, 0.25) is 0 Å². The summed E-state index contributed by atoms with van der Waals surface area (Å²) in [5.74, 6) is 0.495. The summed E-state index contributed by atoms with van der Waals surface area (Å²) < 4.78 is 2.45. The van der Waals surface area contributed by atoms with E-state index in [4.69, 9.17) is 0 Å². The molecular weight excluding hydrogens is 284 g/mol. The van der Waals surface area contributed by atoms with E-state index in [1.54, 1.807) is 7.05 Å². The third-order valence-electron chi connectivity index (χ3n) is 3.41. The van der Waals surface area contributed by atoms with Gasteiger partial charge in [0.25, 0.3) is 5.56 Å². The number of tetrazole rings is 1. The van der Waals surface area contributed by atoms with E-state index in [1.165, 1.54) is 22.5 Å². The van der Waals surface area contributed by atoms with Crippen molar-refractivity contribution in [1.29, 1.82) is 0 Å². The molecule has 0 atom stereocenters. The Kier molecular flexibility index (Phi) is 3.42. The molecule has 0 aliphatic heterocycles. The van der Waals surface area contributed by atoms with Crippen LogP contribution in [0.1, 0.15) is 5.69 Å². The smallest absolute Gasteiger partial charge is 0.299 e. The second-order valence-electron chi connectivity index (χ2n) is 4.88. The van der Waals surface area contributed by atoms with E-state index in [-0.39, 0.29) is 17.8 Å². The molecule has 0 N–H and O–H groups in total. The van der Waals surface area contributed by atoms with Gasteiger partial charge in [-0.25, -0.2) is 4.79 Å². The van der Waals surface area contributed by atoms with Gasteiger partial charge in [-0.05, 0) is 5.21 Å². The number of aromatic nitrogens is 6. The number of hydrogen-bond donors (Lipinski definition) is 0. The van der Waals surface area contributed by atoms with Crippen LogP contribution >= 0.6 is 0 Å². The number of rotatable bonds is 3. The lowest BCUT2D eigenvalue weighted by Crippen LogP contribution is -2.38. The summed E-state index contributed by atoms with van der Waals surface area (Å²) in [6.45, 7) is 0.196. The van der Waals surface area contributed by atoms with E-state index in [9.17, 15) is 9.59 Å². The van der Waals surface area contributed by atoms with Gasteiger partial charge < -0.3 is 0 Å². The van der Waals surface area contributed by atoms with Crippen molar-refractivity contribution in [2.24, 2.45) is 14.1 Å². The molecule has 22 heavy (non-hydrogen) atoms. The number of nitrogens with zero attached hydrogens (tertiary/aromatic N) is 6. The second kappa shape index (κ2) is 5.40. The van der Waals surface area contributed by atoms with E-state index in [0.29, 0.717) is 11.5 Å². The molecular formula is C14H14N6O2. The maximum Gasteiger partial charge on any atom is 0.330 e. The van der Waals surface area contributed by atoms with Gasteiger partial charge in [-0.1, -0.05) is 30.3 Å². The average molecular weight is 298 g/mol. The van der Waals surface area contributed by atoms with Crippen molar-refractivity contribution in [2.45, 2.75) is 6.54 Å². The van der Waals surface area contributed by atoms with Crippen molar-refractivity contribution >= 4 is 0 Å². The lowest BCUT2D eigenvalue weighted by Gasteiger charge is -2.07. The molecule has 0 aliphatic carbocycles. The predicted octanol–water partition coefficient (Wildman–Crippen LogP) is -0.214. The first kappa shape index (κ1) is 13.9. The Morgan fingerprint density at radius 2 is 1.77 bits per heavy atom. The van der Waals surface area contributed by atoms with Crippen LogP contribution in [0.4, 0.5) is 0 Å². The molecule has 0 bridgehead atoms. The van der Waals surface area contributed by atoms with Crippen LogP contribution in [-0.2, 0) is 20.6 Å². The first-order chi connectivity index (χ1) is 10.6. The number of hydrogen-bond acceptors (Lipinski definition) is 5. The predicted molar refractivity (Wildman–Crippen MR) is 79.3 cm³/mol. The van der Waals surface area contributed by atoms with Gasteiger partial charge in [0.05, 0.1) is 5.69 Å². The highest BCUT2D eigenvalue weighted by Gasteiger charge is 2.10. The Balaban J connectivity index is 1.94. The van der Waals surface area contributed by atoms with Gasteiger partial charge in [-0.3, -0.25) is 13.9 Å². The lowest BCUT2D eigenvalue weighted by molar-refractivity contribution is 0.533. The molecule has 3 aromatic rings. The minimum atomic E-state index is -0.383. The summed E-state index contributed by atoms with van der Waals surface area (Å²) in [7, 11) is 3.04. The van der Waals surface area contributed by atoms with Gasteiger partial charge in [0.1, 0.15) is 6.54 Å². The molecule has 2 aromatic heterocycles. The summed E-state index contributed by atoms with van der Waals surface area (Å²) >= 11 is 0. The minimum absolute atomic E-state index is 0.196. The molecule has 0 aliphatic rings. The van der Waals surface area contributed by atoms with E-state index in [2.05, 4.69) is 15.4 Å². The number of benzene rings is 1. The molecule has 0 radical (unpaired) electrons. The van der Waals surface area contributed by atoms with Crippen LogP contribution in [0.15, 0.2) is 46.0 Å². The summed E-state index contributed by atoms with van der Waals surface area (Å²) in [5, 5.41) is 12.2. The molecule has 0 spiro atoms. The highest BCUT2D eigenvalue weighted by atomic mass is 16.2. The SMILES string of the molecule is Cn1c(Cn2nnc(-c3ccccc3)n2)cc(=O)n(C)c1=O. The molecule has 0 fully saturated rings. The zero-order valence-electron chi connectivity index (χ0n) is 12.2. The van der Waals surface area contributed by atoms with Crippen LogP contribution < -0.4 is 11.2 Å². The molecule has 8 nitrogen and oxygen atoms in total. The first-order valence-corrected chi connectivity index (χ1v) is 6.65. The normalized spacial score (nSPS) is 10.8. The van der Waals surface area contributed by atoms with Crippen molar-refractivity contribution < 1.29 is 0 Å². The van der Waals surface area contributed by atoms with Gasteiger partial charge in [-0.15, -0.1) is 10.2 Å². The Hall–Kier alpha value is -3.03. The van der Waals surface area contributed by atoms with Crippen molar-refractivity contribution in [3.63, 3.8) is 0 Å². The summed E-state index contributed by atoms with van der Waals surface area (Å²) in [4.78, 5) is 25.0. The fraction of sp³-hybridized carbons (Fsp3) is 0.214. The Labute approximate surface area is 125 Å². The highest BCUT2D eigenvalue weighted by molar-refractivity contribution is 5.52. The van der Waals surface area contributed by atoms with E-state index in [1.807, 2.05) is 30.3 Å². The molecule has 0 saturated carbocycles. The topological polar surface area (TPSA) is 87.6 Å². The average Bonchev–Trinajstić information content (AvgIpc) is 3.00. The molecule has 0 saturated heterocycles. The largest absolute Gasteiger partial charge is 0.330 e. The summed E-state index contributed by atoms with van der Waals surface area (Å²) in [6, 6.07) is 10.8. The van der Waals surface area contributed by atoms with Crippen molar-refractivity contribution in [3.8, 4) is 11.4 Å². The Morgan fingerprint density at radius 1 is 1.05 bits per heavy atom. The molecule has 0 unspecified atom stereocenters. The third kappa shape index (κ3) is 2.46. The van der Waals surface area contributed by atoms with Gasteiger partial charge in [-0.2, -0.15) is 4.80 Å². The zero-order valence-corrected chi connectivity index (χ0v) is 12.2. The van der Waals surface area contributed by atoms with Crippen LogP contribution in [0.25, 0.3) is 11.4 Å². The van der Waals surface area contributed by atoms with Gasteiger partial charge in [0.2, 0.25) is 5.82 Å². The highest BCUT2D eigenvalue weighted by Crippen LogP contribution is 2.11. The summed E-state index contributed by atoms with van der Waals surface area (Å²) in [5.41, 5.74) is 0.629. The van der Waals surface area contributed by atoms with Crippen LogP contribution in [0.3, 0.4) is 0 Å². The van der Waals surface area contributed by atoms with Crippen LogP contribution in [0, 0.1) is 0 Å². The third-order valence-corrected chi connectivity index (χ3v) is 3.41. The van der Waals surface area contributed by atoms with Gasteiger partial charge in [0.15, 0.2) is 0 Å². The Morgan fingerprint density at radius 3 is 2.50 bits per heavy atom. The first-order valence-electron chi connectivity index (χ1n) is 6.65. The van der Waals surface area contributed by atoms with Crippen molar-refractivity contribution in [3.05, 3.63) is 62.9 Å². The standard InChI is InChI=1S/C14H14N6O2/c1-18-11(8-12(21)19(2)14(18)22)9-20-16-13(15-17-20)10-6-4-3-5-7-10/h3-8H,9H2,1-2H3. The maximum absolute atomic E-state index is 11.9. The van der Waals surface area contributed by atoms with Crippen molar-refractivity contribution in [2.75, 3.05) is 0 Å². The van der Waals surface area contributed by atoms with Crippen LogP contribution in [-0.4, -0.2) is 29.3 Å². The second-order valence-corrected chi connectivity index (χ2v) is 4.88. The van der Waals surface area contributed by atoms with Crippen LogP contribution in [0.5, 0.6) is 0 Å². The molecule has 3 rings (SSSR count). The molecule has 0 amide bonds. The van der Waals surface area contributed by atoms with Gasteiger partial charge >= 0.3 is 5.69 Å². The summed E-state index contributed by atoms with van der Waals surface area (Å²) in [6.07, 6.45) is 0. The zero-order chi connectivity index (χ0) is 15.7. The monoisotopic (exact) mass is 298 g/mol. The fourth-order valence-electron chi connectivity index (χ4n) is 2.09. The molecule has 1 aromatic carbocycles. The van der Waals surface area contributed by atoms with E-state index in [0.717, 1.165) is 10.1 Å². The molecule has 2 heterocycles. The van der Waals surface area contributed by atoms with E-state index >= 15 is 0 Å². The maximum atomic E-state index is 11.9. The minimum Gasteiger partial charge on any atom is -0.299 e. The van der Waals surface area contributed by atoms with E-state index < -0.39 is 0 Å². The van der Waals surface area contributed by atoms with Crippen molar-refractivity contribution in [1.82, 2.24) is 29.3 Å². The lowest BCUT2D eigenvalue weighted by atomic mass is 10.2. The fourth-order valence-corrected chi connectivity index (χ4v) is 2.09. The molecule has 8 heteroatoms. The quantitative estimate of drug-likeness (QED) is 0.667.